The van der Waals surface area contributed by atoms with Crippen LogP contribution in [0.1, 0.15) is 39.4 Å². The van der Waals surface area contributed by atoms with Gasteiger partial charge >= 0.3 is 0 Å². The Hall–Kier alpha value is -1.55. The number of hydrogen-bond donors (Lipinski definition) is 1. The standard InChI is InChI=1S/C16H24N2O2/c1-4-9-18-15-8-7-13(20-12(2)3)11-14(15)17-16(18)6-5-10-19/h7-8,11-12,19H,4-6,9-10H2,1-3H3. The summed E-state index contributed by atoms with van der Waals surface area (Å²) in [6.45, 7) is 7.37. The summed E-state index contributed by atoms with van der Waals surface area (Å²) >= 11 is 0. The molecule has 0 bridgehead atoms. The van der Waals surface area contributed by atoms with Crippen LogP contribution >= 0.6 is 0 Å². The number of fused-ring (bicyclic) bond motifs is 1. The Labute approximate surface area is 120 Å². The number of aliphatic hydroxyl groups is 1. The molecule has 0 fully saturated rings. The minimum Gasteiger partial charge on any atom is -0.491 e. The second kappa shape index (κ2) is 6.75. The molecule has 1 aromatic carbocycles. The van der Waals surface area contributed by atoms with Gasteiger partial charge in [0.1, 0.15) is 11.6 Å². The predicted octanol–water partition coefficient (Wildman–Crippen LogP) is 3.16. The zero-order valence-electron chi connectivity index (χ0n) is 12.6. The normalized spacial score (nSPS) is 11.4. The van der Waals surface area contributed by atoms with E-state index >= 15 is 0 Å². The molecule has 0 saturated heterocycles. The predicted molar refractivity (Wildman–Crippen MR) is 81.2 cm³/mol. The highest BCUT2D eigenvalue weighted by Crippen LogP contribution is 2.23. The van der Waals surface area contributed by atoms with Crippen LogP contribution in [0.2, 0.25) is 0 Å². The molecule has 1 N–H and O–H groups in total. The Morgan fingerprint density at radius 1 is 1.35 bits per heavy atom. The van der Waals surface area contributed by atoms with Crippen molar-refractivity contribution >= 4 is 11.0 Å². The number of aryl methyl sites for hydroxylation is 2. The molecule has 110 valence electrons. The lowest BCUT2D eigenvalue weighted by Gasteiger charge is -2.10. The molecule has 0 aliphatic rings. The third-order valence-corrected chi connectivity index (χ3v) is 3.18. The van der Waals surface area contributed by atoms with Gasteiger partial charge in [0.05, 0.1) is 17.1 Å². The quantitative estimate of drug-likeness (QED) is 0.845. The Morgan fingerprint density at radius 2 is 2.15 bits per heavy atom. The van der Waals surface area contributed by atoms with E-state index in [1.807, 2.05) is 26.0 Å². The number of rotatable bonds is 7. The fourth-order valence-electron chi connectivity index (χ4n) is 2.41. The SMILES string of the molecule is CCCn1c(CCCO)nc2cc(OC(C)C)ccc21. The van der Waals surface area contributed by atoms with E-state index in [1.54, 1.807) is 0 Å². The van der Waals surface area contributed by atoms with E-state index in [1.165, 1.54) is 0 Å². The van der Waals surface area contributed by atoms with Gasteiger partial charge in [-0.3, -0.25) is 0 Å². The highest BCUT2D eigenvalue weighted by Gasteiger charge is 2.11. The van der Waals surface area contributed by atoms with Gasteiger partial charge in [0.25, 0.3) is 0 Å². The number of benzene rings is 1. The second-order valence-corrected chi connectivity index (χ2v) is 5.32. The van der Waals surface area contributed by atoms with Crippen LogP contribution in [0.5, 0.6) is 5.75 Å². The van der Waals surface area contributed by atoms with Gasteiger partial charge in [0.15, 0.2) is 0 Å². The fourth-order valence-corrected chi connectivity index (χ4v) is 2.41. The third-order valence-electron chi connectivity index (χ3n) is 3.18. The van der Waals surface area contributed by atoms with Crippen LogP contribution in [0, 0.1) is 0 Å². The van der Waals surface area contributed by atoms with Crippen molar-refractivity contribution in [2.75, 3.05) is 6.61 Å². The minimum absolute atomic E-state index is 0.166. The van der Waals surface area contributed by atoms with Crippen LogP contribution in [0.25, 0.3) is 11.0 Å². The van der Waals surface area contributed by atoms with Gasteiger partial charge < -0.3 is 14.4 Å². The molecule has 20 heavy (non-hydrogen) atoms. The molecule has 0 radical (unpaired) electrons. The van der Waals surface area contributed by atoms with Crippen LogP contribution in [0.4, 0.5) is 0 Å². The van der Waals surface area contributed by atoms with Crippen LogP contribution in [0.3, 0.4) is 0 Å². The summed E-state index contributed by atoms with van der Waals surface area (Å²) in [5.74, 6) is 1.92. The van der Waals surface area contributed by atoms with E-state index in [0.717, 1.165) is 48.4 Å². The first kappa shape index (κ1) is 14.9. The van der Waals surface area contributed by atoms with E-state index in [4.69, 9.17) is 14.8 Å². The largest absolute Gasteiger partial charge is 0.491 e. The first-order valence-electron chi connectivity index (χ1n) is 7.42. The number of ether oxygens (including phenoxy) is 1. The van der Waals surface area contributed by atoms with Crippen LogP contribution in [-0.2, 0) is 13.0 Å². The maximum Gasteiger partial charge on any atom is 0.121 e. The summed E-state index contributed by atoms with van der Waals surface area (Å²) in [4.78, 5) is 4.71. The summed E-state index contributed by atoms with van der Waals surface area (Å²) < 4.78 is 7.98. The molecule has 2 aromatic rings. The van der Waals surface area contributed by atoms with Crippen molar-refractivity contribution in [3.63, 3.8) is 0 Å². The fraction of sp³-hybridized carbons (Fsp3) is 0.562. The molecular formula is C16H24N2O2. The van der Waals surface area contributed by atoms with Gasteiger partial charge in [-0.05, 0) is 38.8 Å². The van der Waals surface area contributed by atoms with Crippen LogP contribution < -0.4 is 4.74 Å². The monoisotopic (exact) mass is 276 g/mol. The molecule has 2 rings (SSSR count). The van der Waals surface area contributed by atoms with Gasteiger partial charge in [-0.25, -0.2) is 4.98 Å². The lowest BCUT2D eigenvalue weighted by molar-refractivity contribution is 0.242. The molecule has 4 heteroatoms. The average molecular weight is 276 g/mol. The number of aromatic nitrogens is 2. The highest BCUT2D eigenvalue weighted by molar-refractivity contribution is 5.77. The molecule has 4 nitrogen and oxygen atoms in total. The summed E-state index contributed by atoms with van der Waals surface area (Å²) in [6.07, 6.45) is 2.80. The van der Waals surface area contributed by atoms with Crippen molar-refractivity contribution in [2.45, 2.75) is 52.7 Å². The highest BCUT2D eigenvalue weighted by atomic mass is 16.5. The smallest absolute Gasteiger partial charge is 0.121 e. The second-order valence-electron chi connectivity index (χ2n) is 5.32. The lowest BCUT2D eigenvalue weighted by atomic mass is 10.3. The van der Waals surface area contributed by atoms with Gasteiger partial charge in [-0.15, -0.1) is 0 Å². The van der Waals surface area contributed by atoms with Crippen LogP contribution in [-0.4, -0.2) is 27.4 Å². The van der Waals surface area contributed by atoms with Crippen molar-refractivity contribution in [1.29, 1.82) is 0 Å². The van der Waals surface area contributed by atoms with Crippen LogP contribution in [0.15, 0.2) is 18.2 Å². The molecular weight excluding hydrogens is 252 g/mol. The number of aliphatic hydroxyl groups excluding tert-OH is 1. The molecule has 0 amide bonds. The lowest BCUT2D eigenvalue weighted by Crippen LogP contribution is -2.05. The van der Waals surface area contributed by atoms with E-state index in [2.05, 4.69) is 17.6 Å². The van der Waals surface area contributed by atoms with Crippen molar-refractivity contribution in [3.8, 4) is 5.75 Å². The first-order valence-corrected chi connectivity index (χ1v) is 7.42. The van der Waals surface area contributed by atoms with E-state index in [-0.39, 0.29) is 12.7 Å². The van der Waals surface area contributed by atoms with Gasteiger partial charge in [-0.1, -0.05) is 6.92 Å². The van der Waals surface area contributed by atoms with E-state index in [9.17, 15) is 0 Å². The Bertz CT molecular complexity index is 561. The Balaban J connectivity index is 2.38. The summed E-state index contributed by atoms with van der Waals surface area (Å²) in [5.41, 5.74) is 2.13. The van der Waals surface area contributed by atoms with Gasteiger partial charge in [-0.2, -0.15) is 0 Å². The maximum atomic E-state index is 9.01. The zero-order chi connectivity index (χ0) is 14.5. The summed E-state index contributed by atoms with van der Waals surface area (Å²) in [7, 11) is 0. The summed E-state index contributed by atoms with van der Waals surface area (Å²) in [6, 6.07) is 6.09. The topological polar surface area (TPSA) is 47.3 Å². The van der Waals surface area contributed by atoms with E-state index < -0.39 is 0 Å². The van der Waals surface area contributed by atoms with Crippen molar-refractivity contribution in [1.82, 2.24) is 9.55 Å². The minimum atomic E-state index is 0.166. The molecule has 0 aliphatic heterocycles. The number of imidazole rings is 1. The maximum absolute atomic E-state index is 9.01. The zero-order valence-corrected chi connectivity index (χ0v) is 12.6. The molecule has 0 saturated carbocycles. The number of hydrogen-bond acceptors (Lipinski definition) is 3. The molecule has 0 aliphatic carbocycles. The molecule has 1 aromatic heterocycles. The first-order chi connectivity index (χ1) is 9.65. The van der Waals surface area contributed by atoms with Crippen molar-refractivity contribution < 1.29 is 9.84 Å². The van der Waals surface area contributed by atoms with Gasteiger partial charge in [0.2, 0.25) is 0 Å². The summed E-state index contributed by atoms with van der Waals surface area (Å²) in [5, 5.41) is 9.01. The average Bonchev–Trinajstić information content (AvgIpc) is 2.73. The van der Waals surface area contributed by atoms with Gasteiger partial charge in [0, 0.05) is 25.6 Å². The molecule has 0 unspecified atom stereocenters. The Morgan fingerprint density at radius 3 is 2.80 bits per heavy atom. The van der Waals surface area contributed by atoms with E-state index in [0.29, 0.717) is 0 Å². The van der Waals surface area contributed by atoms with Crippen molar-refractivity contribution in [3.05, 3.63) is 24.0 Å². The number of nitrogens with zero attached hydrogens (tertiary/aromatic N) is 2. The Kier molecular flexibility index (Phi) is 5.01. The molecule has 1 heterocycles. The third kappa shape index (κ3) is 3.31. The molecule has 0 spiro atoms. The van der Waals surface area contributed by atoms with Crippen molar-refractivity contribution in [2.24, 2.45) is 0 Å². The molecule has 0 atom stereocenters.